The summed E-state index contributed by atoms with van der Waals surface area (Å²) in [5, 5.41) is 5.05. The number of hydrogen-bond acceptors (Lipinski definition) is 4. The summed E-state index contributed by atoms with van der Waals surface area (Å²) in [5.41, 5.74) is 3.61. The van der Waals surface area contributed by atoms with Crippen LogP contribution in [0, 0.1) is 0 Å². The van der Waals surface area contributed by atoms with Gasteiger partial charge in [0.1, 0.15) is 5.58 Å². The SMILES string of the molecule is O=C(Cc1cc(-c2cc3ccccc3o2)on1)N1CCc2ccccc21. The summed E-state index contributed by atoms with van der Waals surface area (Å²) in [6.45, 7) is 0.715. The number of aromatic nitrogens is 1. The van der Waals surface area contributed by atoms with E-state index >= 15 is 0 Å². The molecule has 0 radical (unpaired) electrons. The molecule has 1 aliphatic heterocycles. The van der Waals surface area contributed by atoms with E-state index in [1.807, 2.05) is 53.4 Å². The van der Waals surface area contributed by atoms with Crippen LogP contribution in [0.15, 0.2) is 69.6 Å². The predicted molar refractivity (Wildman–Crippen MR) is 97.9 cm³/mol. The number of benzene rings is 2. The van der Waals surface area contributed by atoms with Crippen molar-refractivity contribution < 1.29 is 13.7 Å². The van der Waals surface area contributed by atoms with Gasteiger partial charge in [-0.2, -0.15) is 0 Å². The van der Waals surface area contributed by atoms with Crippen LogP contribution in [0.3, 0.4) is 0 Å². The molecule has 3 heterocycles. The van der Waals surface area contributed by atoms with Gasteiger partial charge in [0.25, 0.3) is 0 Å². The molecular formula is C21H16N2O3. The molecule has 0 N–H and O–H groups in total. The molecule has 1 amide bonds. The van der Waals surface area contributed by atoms with Gasteiger partial charge in [-0.3, -0.25) is 4.79 Å². The van der Waals surface area contributed by atoms with Crippen molar-refractivity contribution in [1.29, 1.82) is 0 Å². The lowest BCUT2D eigenvalue weighted by Gasteiger charge is -2.16. The van der Waals surface area contributed by atoms with Gasteiger partial charge < -0.3 is 13.8 Å². The molecule has 26 heavy (non-hydrogen) atoms. The molecule has 2 aromatic carbocycles. The van der Waals surface area contributed by atoms with Crippen molar-refractivity contribution in [2.75, 3.05) is 11.4 Å². The second-order valence-corrected chi connectivity index (χ2v) is 6.43. The zero-order valence-electron chi connectivity index (χ0n) is 14.0. The molecule has 0 saturated heterocycles. The summed E-state index contributed by atoms with van der Waals surface area (Å²) in [6, 6.07) is 19.5. The topological polar surface area (TPSA) is 59.5 Å². The molecule has 0 saturated carbocycles. The summed E-state index contributed by atoms with van der Waals surface area (Å²) in [4.78, 5) is 14.5. The Labute approximate surface area is 149 Å². The van der Waals surface area contributed by atoms with E-state index in [4.69, 9.17) is 8.94 Å². The smallest absolute Gasteiger partial charge is 0.233 e. The predicted octanol–water partition coefficient (Wildman–Crippen LogP) is 4.22. The van der Waals surface area contributed by atoms with E-state index in [2.05, 4.69) is 11.2 Å². The Kier molecular flexibility index (Phi) is 3.38. The van der Waals surface area contributed by atoms with Crippen molar-refractivity contribution in [2.45, 2.75) is 12.8 Å². The summed E-state index contributed by atoms with van der Waals surface area (Å²) in [7, 11) is 0. The van der Waals surface area contributed by atoms with Gasteiger partial charge in [-0.05, 0) is 30.2 Å². The molecular weight excluding hydrogens is 328 g/mol. The zero-order chi connectivity index (χ0) is 17.5. The first-order chi connectivity index (χ1) is 12.8. The van der Waals surface area contributed by atoms with Crippen molar-refractivity contribution in [3.8, 4) is 11.5 Å². The van der Waals surface area contributed by atoms with Crippen LogP contribution in [0.2, 0.25) is 0 Å². The first kappa shape index (κ1) is 15.0. The number of carbonyl (C=O) groups is 1. The quantitative estimate of drug-likeness (QED) is 0.558. The molecule has 5 nitrogen and oxygen atoms in total. The second kappa shape index (κ2) is 5.88. The normalized spacial score (nSPS) is 13.3. The third-order valence-electron chi connectivity index (χ3n) is 4.75. The number of furan rings is 1. The number of amides is 1. The van der Waals surface area contributed by atoms with Crippen molar-refractivity contribution >= 4 is 22.6 Å². The monoisotopic (exact) mass is 344 g/mol. The number of hydrogen-bond donors (Lipinski definition) is 0. The molecule has 1 aliphatic rings. The molecule has 0 spiro atoms. The molecule has 5 heteroatoms. The highest BCUT2D eigenvalue weighted by Gasteiger charge is 2.25. The van der Waals surface area contributed by atoms with Gasteiger partial charge in [0.2, 0.25) is 11.7 Å². The fourth-order valence-corrected chi connectivity index (χ4v) is 3.46. The summed E-state index contributed by atoms with van der Waals surface area (Å²) in [6.07, 6.45) is 1.10. The molecule has 0 aliphatic carbocycles. The van der Waals surface area contributed by atoms with Crippen molar-refractivity contribution in [3.05, 3.63) is 71.9 Å². The number of fused-ring (bicyclic) bond motifs is 2. The Morgan fingerprint density at radius 1 is 1.04 bits per heavy atom. The van der Waals surface area contributed by atoms with Gasteiger partial charge in [-0.15, -0.1) is 0 Å². The maximum atomic E-state index is 12.7. The highest BCUT2D eigenvalue weighted by Crippen LogP contribution is 2.30. The Morgan fingerprint density at radius 3 is 2.81 bits per heavy atom. The molecule has 2 aromatic heterocycles. The van der Waals surface area contributed by atoms with Crippen molar-refractivity contribution in [1.82, 2.24) is 5.16 Å². The minimum absolute atomic E-state index is 0.0272. The molecule has 0 bridgehead atoms. The largest absolute Gasteiger partial charge is 0.453 e. The molecule has 0 atom stereocenters. The van der Waals surface area contributed by atoms with Gasteiger partial charge in [0.15, 0.2) is 5.76 Å². The third-order valence-corrected chi connectivity index (χ3v) is 4.75. The van der Waals surface area contributed by atoms with E-state index in [1.165, 1.54) is 5.56 Å². The Morgan fingerprint density at radius 2 is 1.88 bits per heavy atom. The van der Waals surface area contributed by atoms with Gasteiger partial charge in [0.05, 0.1) is 12.1 Å². The number of para-hydroxylation sites is 2. The standard InChI is InChI=1S/C21H16N2O3/c24-21(23-10-9-14-5-1-3-7-17(14)23)13-16-12-20(26-22-16)19-11-15-6-2-4-8-18(15)25-19/h1-8,11-12H,9-10,13H2. The number of anilines is 1. The molecule has 0 fully saturated rings. The van der Waals surface area contributed by atoms with Crippen LogP contribution in [-0.4, -0.2) is 17.6 Å². The highest BCUT2D eigenvalue weighted by molar-refractivity contribution is 5.96. The van der Waals surface area contributed by atoms with E-state index in [1.54, 1.807) is 6.07 Å². The fourth-order valence-electron chi connectivity index (χ4n) is 3.46. The highest BCUT2D eigenvalue weighted by atomic mass is 16.5. The van der Waals surface area contributed by atoms with E-state index in [0.717, 1.165) is 23.1 Å². The fraction of sp³-hybridized carbons (Fsp3) is 0.143. The van der Waals surface area contributed by atoms with E-state index in [-0.39, 0.29) is 12.3 Å². The Hall–Kier alpha value is -3.34. The molecule has 128 valence electrons. The number of rotatable bonds is 3. The zero-order valence-corrected chi connectivity index (χ0v) is 14.0. The van der Waals surface area contributed by atoms with Crippen LogP contribution in [0.4, 0.5) is 5.69 Å². The van der Waals surface area contributed by atoms with Crippen molar-refractivity contribution in [3.63, 3.8) is 0 Å². The van der Waals surface area contributed by atoms with Crippen LogP contribution >= 0.6 is 0 Å². The summed E-state index contributed by atoms with van der Waals surface area (Å²) >= 11 is 0. The lowest BCUT2D eigenvalue weighted by Crippen LogP contribution is -2.30. The van der Waals surface area contributed by atoms with Gasteiger partial charge >= 0.3 is 0 Å². The first-order valence-electron chi connectivity index (χ1n) is 8.61. The van der Waals surface area contributed by atoms with Crippen LogP contribution in [-0.2, 0) is 17.6 Å². The minimum Gasteiger partial charge on any atom is -0.453 e. The van der Waals surface area contributed by atoms with E-state index < -0.39 is 0 Å². The summed E-state index contributed by atoms with van der Waals surface area (Å²) in [5.74, 6) is 1.18. The lowest BCUT2D eigenvalue weighted by atomic mass is 10.2. The van der Waals surface area contributed by atoms with Crippen LogP contribution < -0.4 is 4.90 Å². The number of nitrogens with zero attached hydrogens (tertiary/aromatic N) is 2. The summed E-state index contributed by atoms with van der Waals surface area (Å²) < 4.78 is 11.2. The maximum absolute atomic E-state index is 12.7. The number of carbonyl (C=O) groups excluding carboxylic acids is 1. The Balaban J connectivity index is 1.37. The Bertz CT molecular complexity index is 1080. The first-order valence-corrected chi connectivity index (χ1v) is 8.61. The van der Waals surface area contributed by atoms with Gasteiger partial charge in [-0.1, -0.05) is 41.6 Å². The molecule has 5 rings (SSSR count). The maximum Gasteiger partial charge on any atom is 0.233 e. The second-order valence-electron chi connectivity index (χ2n) is 6.43. The van der Waals surface area contributed by atoms with E-state index in [0.29, 0.717) is 23.8 Å². The van der Waals surface area contributed by atoms with Crippen LogP contribution in [0.25, 0.3) is 22.5 Å². The average molecular weight is 344 g/mol. The van der Waals surface area contributed by atoms with Gasteiger partial charge in [-0.25, -0.2) is 0 Å². The third kappa shape index (κ3) is 2.49. The van der Waals surface area contributed by atoms with E-state index in [9.17, 15) is 4.79 Å². The minimum atomic E-state index is 0.0272. The molecule has 0 unspecified atom stereocenters. The van der Waals surface area contributed by atoms with Crippen LogP contribution in [0.1, 0.15) is 11.3 Å². The van der Waals surface area contributed by atoms with Crippen LogP contribution in [0.5, 0.6) is 0 Å². The molecule has 4 aromatic rings. The lowest BCUT2D eigenvalue weighted by molar-refractivity contribution is -0.118. The average Bonchev–Trinajstić information content (AvgIpc) is 3.38. The van der Waals surface area contributed by atoms with Crippen molar-refractivity contribution in [2.24, 2.45) is 0 Å². The van der Waals surface area contributed by atoms with Gasteiger partial charge in [0, 0.05) is 23.7 Å².